The lowest BCUT2D eigenvalue weighted by Gasteiger charge is -2.36. The van der Waals surface area contributed by atoms with Gasteiger partial charge in [0, 0.05) is 32.3 Å². The van der Waals surface area contributed by atoms with Gasteiger partial charge in [0.2, 0.25) is 5.91 Å². The number of ether oxygens (including phenoxy) is 1. The minimum absolute atomic E-state index is 0.0395. The number of nitrogens with zero attached hydrogens (tertiary/aromatic N) is 1. The van der Waals surface area contributed by atoms with Gasteiger partial charge >= 0.3 is 0 Å². The van der Waals surface area contributed by atoms with Gasteiger partial charge in [0.1, 0.15) is 11.9 Å². The van der Waals surface area contributed by atoms with Crippen LogP contribution >= 0.6 is 0 Å². The standard InChI is InChI=1S/C25H30FN3O4/c1-17-7-3-4-8-19(17)23(30)28-22(24(31)27-13-16-33-2)18-11-14-29(15-12-18)25(32)20-9-5-6-10-21(20)26/h3-10,18,22H,11-16H2,1-2H3,(H,27,31)(H,28,30)/t22-/m1/s1. The van der Waals surface area contributed by atoms with Crippen LogP contribution in [0.2, 0.25) is 0 Å². The highest BCUT2D eigenvalue weighted by Crippen LogP contribution is 2.24. The molecule has 1 fully saturated rings. The summed E-state index contributed by atoms with van der Waals surface area (Å²) < 4.78 is 19.0. The van der Waals surface area contributed by atoms with Gasteiger partial charge in [-0.3, -0.25) is 14.4 Å². The summed E-state index contributed by atoms with van der Waals surface area (Å²) in [5, 5.41) is 5.71. The molecule has 33 heavy (non-hydrogen) atoms. The molecule has 2 N–H and O–H groups in total. The van der Waals surface area contributed by atoms with Crippen molar-refractivity contribution in [1.82, 2.24) is 15.5 Å². The van der Waals surface area contributed by atoms with Crippen LogP contribution < -0.4 is 10.6 Å². The van der Waals surface area contributed by atoms with E-state index in [9.17, 15) is 18.8 Å². The monoisotopic (exact) mass is 455 g/mol. The summed E-state index contributed by atoms with van der Waals surface area (Å²) in [6, 6.07) is 12.4. The number of halogens is 1. The highest BCUT2D eigenvalue weighted by molar-refractivity contribution is 5.98. The molecule has 2 aromatic rings. The van der Waals surface area contributed by atoms with Crippen molar-refractivity contribution in [2.45, 2.75) is 25.8 Å². The van der Waals surface area contributed by atoms with E-state index in [0.29, 0.717) is 44.6 Å². The SMILES string of the molecule is COCCNC(=O)[C@H](NC(=O)c1ccccc1C)C1CCN(C(=O)c2ccccc2F)CC1. The minimum atomic E-state index is -0.750. The van der Waals surface area contributed by atoms with Crippen LogP contribution in [0.1, 0.15) is 39.1 Å². The first-order valence-corrected chi connectivity index (χ1v) is 11.1. The Morgan fingerprint density at radius 2 is 1.70 bits per heavy atom. The normalized spacial score (nSPS) is 15.1. The lowest BCUT2D eigenvalue weighted by molar-refractivity contribution is -0.124. The molecule has 0 saturated carbocycles. The lowest BCUT2D eigenvalue weighted by Crippen LogP contribution is -2.54. The maximum atomic E-state index is 14.0. The number of aryl methyl sites for hydroxylation is 1. The molecular weight excluding hydrogens is 425 g/mol. The fraction of sp³-hybridized carbons (Fsp3) is 0.400. The Kier molecular flexibility index (Phi) is 8.54. The number of carbonyl (C=O) groups is 3. The van der Waals surface area contributed by atoms with Gasteiger partial charge in [0.15, 0.2) is 0 Å². The van der Waals surface area contributed by atoms with Gasteiger partial charge in [-0.15, -0.1) is 0 Å². The molecule has 7 nitrogen and oxygen atoms in total. The number of benzene rings is 2. The van der Waals surface area contributed by atoms with Crippen molar-refractivity contribution in [3.8, 4) is 0 Å². The van der Waals surface area contributed by atoms with E-state index in [-0.39, 0.29) is 29.2 Å². The molecule has 1 heterocycles. The first-order valence-electron chi connectivity index (χ1n) is 11.1. The van der Waals surface area contributed by atoms with Crippen molar-refractivity contribution in [2.24, 2.45) is 5.92 Å². The van der Waals surface area contributed by atoms with E-state index < -0.39 is 11.9 Å². The molecule has 0 aliphatic carbocycles. The summed E-state index contributed by atoms with van der Waals surface area (Å²) in [6.45, 7) is 3.28. The molecule has 0 unspecified atom stereocenters. The maximum Gasteiger partial charge on any atom is 0.256 e. The van der Waals surface area contributed by atoms with Crippen LogP contribution in [0.25, 0.3) is 0 Å². The Morgan fingerprint density at radius 1 is 1.06 bits per heavy atom. The number of carbonyl (C=O) groups excluding carboxylic acids is 3. The summed E-state index contributed by atoms with van der Waals surface area (Å²) in [5.74, 6) is -1.68. The Hall–Kier alpha value is -3.26. The predicted octanol–water partition coefficient (Wildman–Crippen LogP) is 2.55. The Labute approximate surface area is 193 Å². The van der Waals surface area contributed by atoms with Crippen molar-refractivity contribution in [3.63, 3.8) is 0 Å². The molecule has 3 rings (SSSR count). The Morgan fingerprint density at radius 3 is 2.33 bits per heavy atom. The van der Waals surface area contributed by atoms with Gasteiger partial charge in [-0.25, -0.2) is 4.39 Å². The second kappa shape index (κ2) is 11.6. The van der Waals surface area contributed by atoms with Crippen LogP contribution in [-0.4, -0.2) is 62.0 Å². The number of methoxy groups -OCH3 is 1. The summed E-state index contributed by atoms with van der Waals surface area (Å²) in [6.07, 6.45) is 1.02. The largest absolute Gasteiger partial charge is 0.383 e. The zero-order valence-electron chi connectivity index (χ0n) is 19.0. The minimum Gasteiger partial charge on any atom is -0.383 e. The van der Waals surface area contributed by atoms with Crippen LogP contribution in [-0.2, 0) is 9.53 Å². The zero-order valence-corrected chi connectivity index (χ0v) is 19.0. The Bertz CT molecular complexity index is 989. The highest BCUT2D eigenvalue weighted by Gasteiger charge is 2.34. The molecule has 0 bridgehead atoms. The summed E-state index contributed by atoms with van der Waals surface area (Å²) in [5.41, 5.74) is 1.37. The number of hydrogen-bond acceptors (Lipinski definition) is 4. The Balaban J connectivity index is 1.70. The van der Waals surface area contributed by atoms with Crippen molar-refractivity contribution < 1.29 is 23.5 Å². The number of hydrogen-bond donors (Lipinski definition) is 2. The van der Waals surface area contributed by atoms with Crippen LogP contribution in [0.3, 0.4) is 0 Å². The third-order valence-electron chi connectivity index (χ3n) is 5.97. The molecule has 1 aliphatic heterocycles. The molecule has 0 aromatic heterocycles. The van der Waals surface area contributed by atoms with Gasteiger partial charge in [-0.1, -0.05) is 30.3 Å². The first-order chi connectivity index (χ1) is 15.9. The van der Waals surface area contributed by atoms with Crippen molar-refractivity contribution >= 4 is 17.7 Å². The molecule has 0 spiro atoms. The maximum absolute atomic E-state index is 14.0. The van der Waals surface area contributed by atoms with E-state index in [4.69, 9.17) is 4.74 Å². The number of nitrogens with one attached hydrogen (secondary N) is 2. The topological polar surface area (TPSA) is 87.7 Å². The molecule has 0 radical (unpaired) electrons. The number of amides is 3. The lowest BCUT2D eigenvalue weighted by atomic mass is 9.88. The summed E-state index contributed by atoms with van der Waals surface area (Å²) in [7, 11) is 1.55. The van der Waals surface area contributed by atoms with Crippen LogP contribution in [0.15, 0.2) is 48.5 Å². The molecule has 176 valence electrons. The molecule has 8 heteroatoms. The third-order valence-corrected chi connectivity index (χ3v) is 5.97. The second-order valence-corrected chi connectivity index (χ2v) is 8.16. The predicted molar refractivity (Wildman–Crippen MR) is 122 cm³/mol. The van der Waals surface area contributed by atoms with Gasteiger partial charge < -0.3 is 20.3 Å². The van der Waals surface area contributed by atoms with Gasteiger partial charge in [0.05, 0.1) is 12.2 Å². The fourth-order valence-corrected chi connectivity index (χ4v) is 4.07. The van der Waals surface area contributed by atoms with E-state index in [1.807, 2.05) is 19.1 Å². The molecule has 1 saturated heterocycles. The van der Waals surface area contributed by atoms with E-state index in [1.54, 1.807) is 36.3 Å². The first kappa shape index (κ1) is 24.4. The van der Waals surface area contributed by atoms with E-state index >= 15 is 0 Å². The van der Waals surface area contributed by atoms with Gasteiger partial charge in [-0.2, -0.15) is 0 Å². The smallest absolute Gasteiger partial charge is 0.256 e. The summed E-state index contributed by atoms with van der Waals surface area (Å²) >= 11 is 0. The third kappa shape index (κ3) is 6.16. The molecule has 2 aromatic carbocycles. The molecule has 1 aliphatic rings. The van der Waals surface area contributed by atoms with Crippen LogP contribution in [0, 0.1) is 18.7 Å². The number of rotatable bonds is 8. The fourth-order valence-electron chi connectivity index (χ4n) is 4.07. The number of piperidine rings is 1. The van der Waals surface area contributed by atoms with Gasteiger partial charge in [0.25, 0.3) is 11.8 Å². The average Bonchev–Trinajstić information content (AvgIpc) is 2.83. The van der Waals surface area contributed by atoms with Crippen LogP contribution in [0.5, 0.6) is 0 Å². The second-order valence-electron chi connectivity index (χ2n) is 8.16. The molecular formula is C25H30FN3O4. The van der Waals surface area contributed by atoms with Crippen molar-refractivity contribution in [2.75, 3.05) is 33.4 Å². The zero-order chi connectivity index (χ0) is 23.8. The molecule has 3 amide bonds. The van der Waals surface area contributed by atoms with E-state index in [2.05, 4.69) is 10.6 Å². The quantitative estimate of drug-likeness (QED) is 0.599. The van der Waals surface area contributed by atoms with E-state index in [1.165, 1.54) is 12.1 Å². The van der Waals surface area contributed by atoms with E-state index in [0.717, 1.165) is 5.56 Å². The van der Waals surface area contributed by atoms with Crippen molar-refractivity contribution in [3.05, 3.63) is 71.0 Å². The highest BCUT2D eigenvalue weighted by atomic mass is 19.1. The summed E-state index contributed by atoms with van der Waals surface area (Å²) in [4.78, 5) is 40.2. The number of likely N-dealkylation sites (tertiary alicyclic amines) is 1. The van der Waals surface area contributed by atoms with Crippen LogP contribution in [0.4, 0.5) is 4.39 Å². The average molecular weight is 456 g/mol. The van der Waals surface area contributed by atoms with Gasteiger partial charge in [-0.05, 0) is 49.4 Å². The molecule has 1 atom stereocenters. The van der Waals surface area contributed by atoms with Crippen molar-refractivity contribution in [1.29, 1.82) is 0 Å².